The minimum atomic E-state index is -3.16. The molecule has 0 bridgehead atoms. The second-order valence-electron chi connectivity index (χ2n) is 4.12. The summed E-state index contributed by atoms with van der Waals surface area (Å²) >= 11 is 0. The van der Waals surface area contributed by atoms with Crippen molar-refractivity contribution in [3.63, 3.8) is 0 Å². The molecule has 0 heterocycles. The number of carbonyl (C=O) groups excluding carboxylic acids is 1. The Hall–Kier alpha value is -0.620. The number of esters is 1. The van der Waals surface area contributed by atoms with Gasteiger partial charge < -0.3 is 4.74 Å². The number of hydrogen-bond donors (Lipinski definition) is 0. The quantitative estimate of drug-likeness (QED) is 0.640. The molecular formula is C9H17NO4S. The highest BCUT2D eigenvalue weighted by molar-refractivity contribution is 7.88. The van der Waals surface area contributed by atoms with Gasteiger partial charge in [0.05, 0.1) is 19.3 Å². The van der Waals surface area contributed by atoms with E-state index in [9.17, 15) is 13.2 Å². The van der Waals surface area contributed by atoms with Crippen LogP contribution in [0.25, 0.3) is 0 Å². The number of carbonyl (C=O) groups is 1. The molecule has 0 aromatic heterocycles. The smallest absolute Gasteiger partial charge is 0.309 e. The predicted octanol–water partition coefficient (Wildman–Crippen LogP) is -0.0671. The van der Waals surface area contributed by atoms with Gasteiger partial charge in [0.2, 0.25) is 10.0 Å². The van der Waals surface area contributed by atoms with Crippen molar-refractivity contribution in [2.24, 2.45) is 17.8 Å². The van der Waals surface area contributed by atoms with Crippen molar-refractivity contribution in [2.75, 3.05) is 27.0 Å². The van der Waals surface area contributed by atoms with Crippen LogP contribution in [0.5, 0.6) is 0 Å². The van der Waals surface area contributed by atoms with Gasteiger partial charge in [-0.3, -0.25) is 4.79 Å². The van der Waals surface area contributed by atoms with Crippen molar-refractivity contribution in [2.45, 2.75) is 6.92 Å². The molecule has 88 valence electrons. The number of sulfonamides is 1. The van der Waals surface area contributed by atoms with E-state index in [-0.39, 0.29) is 23.7 Å². The monoisotopic (exact) mass is 235 g/mol. The van der Waals surface area contributed by atoms with Crippen LogP contribution in [0.1, 0.15) is 6.92 Å². The first-order valence-electron chi connectivity index (χ1n) is 4.78. The maximum atomic E-state index is 11.2. The molecule has 1 saturated carbocycles. The molecular weight excluding hydrogens is 218 g/mol. The largest absolute Gasteiger partial charge is 0.469 e. The molecule has 0 radical (unpaired) electrons. The Bertz CT molecular complexity index is 351. The number of hydrogen-bond acceptors (Lipinski definition) is 4. The second-order valence-corrected chi connectivity index (χ2v) is 6.20. The van der Waals surface area contributed by atoms with Crippen LogP contribution < -0.4 is 0 Å². The SMILES string of the molecule is COC(=O)[C@@H]1C(CN(C)S(C)(=O)=O)[C@H]1C. The van der Waals surface area contributed by atoms with Crippen LogP contribution in [0.4, 0.5) is 0 Å². The Morgan fingerprint density at radius 3 is 2.40 bits per heavy atom. The van der Waals surface area contributed by atoms with Crippen molar-refractivity contribution in [3.05, 3.63) is 0 Å². The summed E-state index contributed by atoms with van der Waals surface area (Å²) in [5.74, 6) is -0.0765. The highest BCUT2D eigenvalue weighted by atomic mass is 32.2. The number of methoxy groups -OCH3 is 1. The van der Waals surface area contributed by atoms with Crippen LogP contribution in [0.15, 0.2) is 0 Å². The van der Waals surface area contributed by atoms with Crippen LogP contribution in [0.3, 0.4) is 0 Å². The zero-order chi connectivity index (χ0) is 11.8. The third-order valence-electron chi connectivity index (χ3n) is 3.07. The zero-order valence-electron chi connectivity index (χ0n) is 9.43. The fraction of sp³-hybridized carbons (Fsp3) is 0.889. The highest BCUT2D eigenvalue weighted by Crippen LogP contribution is 2.47. The van der Waals surface area contributed by atoms with E-state index in [1.54, 1.807) is 0 Å². The van der Waals surface area contributed by atoms with Crippen LogP contribution >= 0.6 is 0 Å². The van der Waals surface area contributed by atoms with Gasteiger partial charge in [-0.1, -0.05) is 6.92 Å². The molecule has 1 aliphatic rings. The predicted molar refractivity (Wildman–Crippen MR) is 55.6 cm³/mol. The van der Waals surface area contributed by atoms with Crippen LogP contribution in [0.2, 0.25) is 0 Å². The lowest BCUT2D eigenvalue weighted by Gasteiger charge is -2.13. The van der Waals surface area contributed by atoms with E-state index in [1.807, 2.05) is 6.92 Å². The van der Waals surface area contributed by atoms with Crippen molar-refractivity contribution in [1.82, 2.24) is 4.31 Å². The normalized spacial score (nSPS) is 30.3. The lowest BCUT2D eigenvalue weighted by molar-refractivity contribution is -0.142. The highest BCUT2D eigenvalue weighted by Gasteiger charge is 2.53. The van der Waals surface area contributed by atoms with Crippen molar-refractivity contribution < 1.29 is 17.9 Å². The van der Waals surface area contributed by atoms with E-state index < -0.39 is 10.0 Å². The van der Waals surface area contributed by atoms with E-state index >= 15 is 0 Å². The fourth-order valence-electron chi connectivity index (χ4n) is 1.78. The summed E-state index contributed by atoms with van der Waals surface area (Å²) in [6.45, 7) is 2.32. The first kappa shape index (κ1) is 12.4. The summed E-state index contributed by atoms with van der Waals surface area (Å²) in [5, 5.41) is 0. The topological polar surface area (TPSA) is 63.7 Å². The molecule has 0 amide bonds. The summed E-state index contributed by atoms with van der Waals surface area (Å²) in [6.07, 6.45) is 1.16. The van der Waals surface area contributed by atoms with Crippen molar-refractivity contribution >= 4 is 16.0 Å². The summed E-state index contributed by atoms with van der Waals surface area (Å²) in [5.41, 5.74) is 0. The lowest BCUT2D eigenvalue weighted by atomic mass is 10.3. The number of rotatable bonds is 4. The van der Waals surface area contributed by atoms with Gasteiger partial charge in [-0.25, -0.2) is 12.7 Å². The van der Waals surface area contributed by atoms with Gasteiger partial charge in [0.1, 0.15) is 0 Å². The average molecular weight is 235 g/mol. The molecule has 1 fully saturated rings. The van der Waals surface area contributed by atoms with Gasteiger partial charge in [-0.15, -0.1) is 0 Å². The van der Waals surface area contributed by atoms with Gasteiger partial charge in [-0.05, 0) is 11.8 Å². The summed E-state index contributed by atoms with van der Waals surface area (Å²) in [7, 11) is -0.282. The Labute approximate surface area is 90.4 Å². The maximum Gasteiger partial charge on any atom is 0.309 e. The van der Waals surface area contributed by atoms with Crippen LogP contribution in [-0.2, 0) is 19.6 Å². The first-order valence-corrected chi connectivity index (χ1v) is 6.63. The van der Waals surface area contributed by atoms with E-state index in [0.29, 0.717) is 6.54 Å². The van der Waals surface area contributed by atoms with Gasteiger partial charge in [0.15, 0.2) is 0 Å². The summed E-state index contributed by atoms with van der Waals surface area (Å²) in [6, 6.07) is 0. The molecule has 0 aliphatic heterocycles. The molecule has 15 heavy (non-hydrogen) atoms. The standard InChI is InChI=1S/C9H17NO4S/c1-6-7(8(6)9(11)14-3)5-10(2)15(4,12)13/h6-8H,5H2,1-4H3/t6-,7?,8+/m1/s1. The fourth-order valence-corrected chi connectivity index (χ4v) is 2.23. The molecule has 3 atom stereocenters. The third kappa shape index (κ3) is 2.69. The average Bonchev–Trinajstić information content (AvgIpc) is 2.74. The molecule has 0 saturated heterocycles. The van der Waals surface area contributed by atoms with Gasteiger partial charge in [-0.2, -0.15) is 0 Å². The van der Waals surface area contributed by atoms with Crippen molar-refractivity contribution in [1.29, 1.82) is 0 Å². The second kappa shape index (κ2) is 4.09. The Morgan fingerprint density at radius 1 is 1.47 bits per heavy atom. The Balaban J connectivity index is 2.53. The molecule has 1 unspecified atom stereocenters. The maximum absolute atomic E-state index is 11.2. The number of ether oxygens (including phenoxy) is 1. The molecule has 6 heteroatoms. The van der Waals surface area contributed by atoms with Gasteiger partial charge in [0.25, 0.3) is 0 Å². The number of nitrogens with zero attached hydrogens (tertiary/aromatic N) is 1. The minimum absolute atomic E-state index is 0.0946. The third-order valence-corrected chi connectivity index (χ3v) is 4.35. The van der Waals surface area contributed by atoms with Gasteiger partial charge in [0, 0.05) is 13.6 Å². The summed E-state index contributed by atoms with van der Waals surface area (Å²) < 4.78 is 28.2. The molecule has 5 nitrogen and oxygen atoms in total. The molecule has 0 spiro atoms. The molecule has 1 rings (SSSR count). The van der Waals surface area contributed by atoms with Crippen LogP contribution in [0, 0.1) is 17.8 Å². The van der Waals surface area contributed by atoms with E-state index in [2.05, 4.69) is 4.74 Å². The molecule has 0 aromatic carbocycles. The summed E-state index contributed by atoms with van der Waals surface area (Å²) in [4.78, 5) is 11.2. The Morgan fingerprint density at radius 2 is 2.00 bits per heavy atom. The van der Waals surface area contributed by atoms with Gasteiger partial charge >= 0.3 is 5.97 Å². The van der Waals surface area contributed by atoms with E-state index in [4.69, 9.17) is 0 Å². The molecule has 0 N–H and O–H groups in total. The lowest BCUT2D eigenvalue weighted by Crippen LogP contribution is -2.28. The van der Waals surface area contributed by atoms with Crippen molar-refractivity contribution in [3.8, 4) is 0 Å². The first-order chi connectivity index (χ1) is 6.79. The zero-order valence-corrected chi connectivity index (χ0v) is 10.2. The molecule has 0 aromatic rings. The van der Waals surface area contributed by atoms with E-state index in [0.717, 1.165) is 6.26 Å². The molecule has 1 aliphatic carbocycles. The van der Waals surface area contributed by atoms with E-state index in [1.165, 1.54) is 18.5 Å². The minimum Gasteiger partial charge on any atom is -0.469 e. The Kier molecular flexibility index (Phi) is 3.40. The van der Waals surface area contributed by atoms with Crippen LogP contribution in [-0.4, -0.2) is 45.7 Å².